The van der Waals surface area contributed by atoms with Crippen LogP contribution >= 0.6 is 11.6 Å². The fourth-order valence-electron chi connectivity index (χ4n) is 3.66. The van der Waals surface area contributed by atoms with Crippen LogP contribution in [0.3, 0.4) is 0 Å². The zero-order chi connectivity index (χ0) is 19.1. The Balaban J connectivity index is 1.81. The van der Waals surface area contributed by atoms with Gasteiger partial charge in [0.05, 0.1) is 18.4 Å². The van der Waals surface area contributed by atoms with Gasteiger partial charge in [0.2, 0.25) is 0 Å². The highest BCUT2D eigenvalue weighted by atomic mass is 35.5. The molecule has 1 aromatic carbocycles. The van der Waals surface area contributed by atoms with Crippen molar-refractivity contribution < 1.29 is 14.6 Å². The van der Waals surface area contributed by atoms with Gasteiger partial charge < -0.3 is 9.84 Å². The molecule has 0 radical (unpaired) electrons. The van der Waals surface area contributed by atoms with E-state index in [1.807, 2.05) is 6.07 Å². The second kappa shape index (κ2) is 6.94. The van der Waals surface area contributed by atoms with E-state index >= 15 is 0 Å². The van der Waals surface area contributed by atoms with Crippen LogP contribution in [0.25, 0.3) is 16.9 Å². The van der Waals surface area contributed by atoms with Crippen molar-refractivity contribution >= 4 is 23.2 Å². The van der Waals surface area contributed by atoms with Gasteiger partial charge in [-0.2, -0.15) is 5.10 Å². The molecule has 0 spiro atoms. The molecule has 27 heavy (non-hydrogen) atoms. The second-order valence-electron chi connectivity index (χ2n) is 6.82. The van der Waals surface area contributed by atoms with Gasteiger partial charge in [-0.05, 0) is 49.8 Å². The quantitative estimate of drug-likeness (QED) is 0.552. The summed E-state index contributed by atoms with van der Waals surface area (Å²) in [5.41, 5.74) is 5.76. The molecule has 0 aliphatic heterocycles. The smallest absolute Gasteiger partial charge is 0.339 e. The number of nitrogens with zero attached hydrogens (tertiary/aromatic N) is 3. The van der Waals surface area contributed by atoms with Crippen molar-refractivity contribution in [3.05, 3.63) is 51.8 Å². The highest BCUT2D eigenvalue weighted by molar-refractivity contribution is 6.30. The van der Waals surface area contributed by atoms with Gasteiger partial charge >= 0.3 is 5.97 Å². The number of rotatable bonds is 3. The lowest BCUT2D eigenvalue weighted by Gasteiger charge is -2.15. The monoisotopic (exact) mass is 385 g/mol. The van der Waals surface area contributed by atoms with E-state index in [-0.39, 0.29) is 10.7 Å². The summed E-state index contributed by atoms with van der Waals surface area (Å²) >= 11 is 6.45. The van der Waals surface area contributed by atoms with Crippen molar-refractivity contribution in [3.63, 3.8) is 0 Å². The van der Waals surface area contributed by atoms with E-state index < -0.39 is 12.1 Å². The standard InChI is InChI=1S/C20H20ClN3O3/c1-11-17(18(25)20(26)27-2)19(21)24-16(22-11)10-15(23-24)14-8-7-12-5-3-4-6-13(12)9-14/h7-10,18,25H,3-6H2,1-2H3/t18-/m0/s1. The molecule has 2 heterocycles. The molecule has 7 heteroatoms. The van der Waals surface area contributed by atoms with Crippen LogP contribution < -0.4 is 0 Å². The molecule has 6 nitrogen and oxygen atoms in total. The van der Waals surface area contributed by atoms with E-state index in [9.17, 15) is 9.90 Å². The van der Waals surface area contributed by atoms with E-state index in [0.717, 1.165) is 24.1 Å². The topological polar surface area (TPSA) is 76.7 Å². The molecule has 0 saturated heterocycles. The van der Waals surface area contributed by atoms with Crippen LogP contribution in [0.1, 0.15) is 41.3 Å². The third kappa shape index (κ3) is 3.09. The number of halogens is 1. The van der Waals surface area contributed by atoms with Crippen molar-refractivity contribution in [2.75, 3.05) is 7.11 Å². The third-order valence-corrected chi connectivity index (χ3v) is 5.48. The van der Waals surface area contributed by atoms with Crippen molar-refractivity contribution in [2.45, 2.75) is 38.7 Å². The molecule has 1 atom stereocenters. The van der Waals surface area contributed by atoms with Gasteiger partial charge in [-0.15, -0.1) is 0 Å². The average molecular weight is 386 g/mol. The number of carbonyl (C=O) groups is 1. The van der Waals surface area contributed by atoms with Crippen molar-refractivity contribution in [1.82, 2.24) is 14.6 Å². The number of benzene rings is 1. The minimum Gasteiger partial charge on any atom is -0.467 e. The first-order valence-corrected chi connectivity index (χ1v) is 9.31. The summed E-state index contributed by atoms with van der Waals surface area (Å²) in [4.78, 5) is 16.2. The molecule has 0 fully saturated rings. The zero-order valence-electron chi connectivity index (χ0n) is 15.2. The van der Waals surface area contributed by atoms with Crippen molar-refractivity contribution in [1.29, 1.82) is 0 Å². The van der Waals surface area contributed by atoms with E-state index in [1.54, 1.807) is 6.92 Å². The van der Waals surface area contributed by atoms with Crippen LogP contribution in [-0.4, -0.2) is 32.8 Å². The molecule has 0 bridgehead atoms. The van der Waals surface area contributed by atoms with Crippen LogP contribution in [-0.2, 0) is 22.4 Å². The number of aliphatic hydroxyl groups excluding tert-OH is 1. The molecule has 1 aliphatic rings. The Hall–Kier alpha value is -2.44. The average Bonchev–Trinajstić information content (AvgIpc) is 3.11. The summed E-state index contributed by atoms with van der Waals surface area (Å²) in [6.45, 7) is 1.69. The Kier molecular flexibility index (Phi) is 4.61. The van der Waals surface area contributed by atoms with Gasteiger partial charge in [-0.3, -0.25) is 0 Å². The van der Waals surface area contributed by atoms with Gasteiger partial charge in [-0.25, -0.2) is 14.3 Å². The number of hydrogen-bond acceptors (Lipinski definition) is 5. The van der Waals surface area contributed by atoms with Gasteiger partial charge in [0, 0.05) is 17.3 Å². The number of aromatic nitrogens is 3. The molecule has 140 valence electrons. The largest absolute Gasteiger partial charge is 0.467 e. The molecule has 1 aliphatic carbocycles. The van der Waals surface area contributed by atoms with Gasteiger partial charge in [0.15, 0.2) is 11.8 Å². The molecular formula is C20H20ClN3O3. The molecule has 0 amide bonds. The summed E-state index contributed by atoms with van der Waals surface area (Å²) in [5, 5.41) is 14.9. The minimum absolute atomic E-state index is 0.152. The number of hydrogen-bond donors (Lipinski definition) is 1. The molecule has 2 aromatic heterocycles. The van der Waals surface area contributed by atoms with Gasteiger partial charge in [0.25, 0.3) is 0 Å². The number of fused-ring (bicyclic) bond motifs is 2. The zero-order valence-corrected chi connectivity index (χ0v) is 16.0. The van der Waals surface area contributed by atoms with E-state index in [2.05, 4.69) is 33.0 Å². The molecule has 0 unspecified atom stereocenters. The molecule has 3 aromatic rings. The van der Waals surface area contributed by atoms with Crippen LogP contribution in [0, 0.1) is 6.92 Å². The number of ether oxygens (including phenoxy) is 1. The molecular weight excluding hydrogens is 366 g/mol. The first-order chi connectivity index (χ1) is 13.0. The van der Waals surface area contributed by atoms with Gasteiger partial charge in [-0.1, -0.05) is 23.7 Å². The summed E-state index contributed by atoms with van der Waals surface area (Å²) in [6.07, 6.45) is 3.16. The summed E-state index contributed by atoms with van der Waals surface area (Å²) in [7, 11) is 1.21. The highest BCUT2D eigenvalue weighted by Gasteiger charge is 2.26. The Morgan fingerprint density at radius 3 is 2.74 bits per heavy atom. The number of esters is 1. The maximum absolute atomic E-state index is 11.7. The van der Waals surface area contributed by atoms with E-state index in [4.69, 9.17) is 11.6 Å². The molecule has 0 saturated carbocycles. The highest BCUT2D eigenvalue weighted by Crippen LogP contribution is 2.31. The Morgan fingerprint density at radius 1 is 1.26 bits per heavy atom. The molecule has 1 N–H and O–H groups in total. The lowest BCUT2D eigenvalue weighted by Crippen LogP contribution is -2.17. The SMILES string of the molecule is COC(=O)[C@@H](O)c1c(C)nc2cc(-c3ccc4c(c3)CCCC4)nn2c1Cl. The van der Waals surface area contributed by atoms with Crippen LogP contribution in [0.2, 0.25) is 5.15 Å². The maximum Gasteiger partial charge on any atom is 0.339 e. The van der Waals surface area contributed by atoms with Crippen molar-refractivity contribution in [3.8, 4) is 11.3 Å². The number of aryl methyl sites for hydroxylation is 3. The van der Waals surface area contributed by atoms with E-state index in [0.29, 0.717) is 11.3 Å². The Bertz CT molecular complexity index is 1040. The second-order valence-corrected chi connectivity index (χ2v) is 7.18. The summed E-state index contributed by atoms with van der Waals surface area (Å²) < 4.78 is 6.06. The summed E-state index contributed by atoms with van der Waals surface area (Å²) in [5.74, 6) is -0.789. The fraction of sp³-hybridized carbons (Fsp3) is 0.350. The van der Waals surface area contributed by atoms with Crippen LogP contribution in [0.4, 0.5) is 0 Å². The number of carbonyl (C=O) groups excluding carboxylic acids is 1. The predicted octanol–water partition coefficient (Wildman–Crippen LogP) is 3.44. The van der Waals surface area contributed by atoms with Gasteiger partial charge in [0.1, 0.15) is 5.15 Å². The molecule has 4 rings (SSSR count). The lowest BCUT2D eigenvalue weighted by atomic mass is 9.90. The van der Waals surface area contributed by atoms with Crippen LogP contribution in [0.15, 0.2) is 24.3 Å². The maximum atomic E-state index is 11.7. The Morgan fingerprint density at radius 2 is 2.00 bits per heavy atom. The number of aliphatic hydroxyl groups is 1. The Labute approximate surface area is 161 Å². The third-order valence-electron chi connectivity index (χ3n) is 5.11. The lowest BCUT2D eigenvalue weighted by molar-refractivity contribution is -0.150. The summed E-state index contributed by atoms with van der Waals surface area (Å²) in [6, 6.07) is 8.27. The first-order valence-electron chi connectivity index (χ1n) is 8.93. The minimum atomic E-state index is -1.50. The van der Waals surface area contributed by atoms with E-state index in [1.165, 1.54) is 35.6 Å². The number of methoxy groups -OCH3 is 1. The normalized spacial score (nSPS) is 14.8. The fourth-order valence-corrected chi connectivity index (χ4v) is 4.03. The predicted molar refractivity (Wildman–Crippen MR) is 102 cm³/mol. The van der Waals surface area contributed by atoms with Crippen LogP contribution in [0.5, 0.6) is 0 Å². The first kappa shape index (κ1) is 17.9. The van der Waals surface area contributed by atoms with Crippen molar-refractivity contribution in [2.24, 2.45) is 0 Å².